The molecule has 14 atom stereocenters. The minimum atomic E-state index is 0.0886. The highest BCUT2D eigenvalue weighted by atomic mass is 16.5. The van der Waals surface area contributed by atoms with Gasteiger partial charge in [-0.1, -0.05) is 23.8 Å². The Morgan fingerprint density at radius 2 is 1.63 bits per heavy atom. The lowest BCUT2D eigenvalue weighted by Crippen LogP contribution is -2.36. The highest BCUT2D eigenvalue weighted by Crippen LogP contribution is 2.70. The van der Waals surface area contributed by atoms with Crippen molar-refractivity contribution < 1.29 is 9.53 Å². The molecule has 0 N–H and O–H groups in total. The quantitative estimate of drug-likeness (QED) is 0.351. The molecular weight excluding hydrogens is 368 g/mol. The van der Waals surface area contributed by atoms with E-state index in [2.05, 4.69) is 18.2 Å². The molecule has 8 rings (SSSR count). The number of methoxy groups -OCH3 is 1. The van der Waals surface area contributed by atoms with Gasteiger partial charge in [0.1, 0.15) is 0 Å². The third-order valence-corrected chi connectivity index (χ3v) is 12.2. The molecule has 0 radical (unpaired) electrons. The summed E-state index contributed by atoms with van der Waals surface area (Å²) in [5.41, 5.74) is 1.82. The Hall–Kier alpha value is -1.05. The highest BCUT2D eigenvalue weighted by molar-refractivity contribution is 5.73. The van der Waals surface area contributed by atoms with E-state index in [9.17, 15) is 4.79 Å². The van der Waals surface area contributed by atoms with E-state index in [0.29, 0.717) is 5.92 Å². The van der Waals surface area contributed by atoms with Gasteiger partial charge in [0, 0.05) is 0 Å². The number of allylic oxidation sites excluding steroid dienone is 4. The molecule has 8 aliphatic rings. The molecule has 8 bridgehead atoms. The van der Waals surface area contributed by atoms with Gasteiger partial charge < -0.3 is 4.74 Å². The lowest BCUT2D eigenvalue weighted by molar-refractivity contribution is -0.148. The molecule has 0 aromatic heterocycles. The summed E-state index contributed by atoms with van der Waals surface area (Å²) >= 11 is 0. The Morgan fingerprint density at radius 3 is 2.50 bits per heavy atom. The normalized spacial score (nSPS) is 59.8. The predicted octanol–water partition coefficient (Wildman–Crippen LogP) is 5.50. The van der Waals surface area contributed by atoms with Crippen LogP contribution in [0.25, 0.3) is 0 Å². The molecule has 2 heteroatoms. The van der Waals surface area contributed by atoms with Crippen LogP contribution in [0.5, 0.6) is 0 Å². The summed E-state index contributed by atoms with van der Waals surface area (Å²) in [5, 5.41) is 0. The van der Waals surface area contributed by atoms with Crippen LogP contribution in [0.15, 0.2) is 23.8 Å². The van der Waals surface area contributed by atoms with E-state index < -0.39 is 0 Å². The number of ether oxygens (including phenoxy) is 1. The van der Waals surface area contributed by atoms with E-state index in [1.54, 1.807) is 20.0 Å². The fraction of sp³-hybridized carbons (Fsp3) is 0.821. The molecule has 0 aromatic rings. The predicted molar refractivity (Wildman–Crippen MR) is 115 cm³/mol. The van der Waals surface area contributed by atoms with Crippen LogP contribution in [0.4, 0.5) is 0 Å². The molecule has 0 amide bonds. The van der Waals surface area contributed by atoms with Gasteiger partial charge in [-0.25, -0.2) is 0 Å². The van der Waals surface area contributed by atoms with Crippen molar-refractivity contribution in [1.29, 1.82) is 0 Å². The Morgan fingerprint density at radius 1 is 0.867 bits per heavy atom. The molecule has 6 saturated carbocycles. The standard InChI is InChI=1S/C28H36O2/c1-30-28(29)23-12-19-11-22(23)27-21-10-18(25(19)27)7-14(21)3-2-13-6-17-9-20(13)26-16-5-4-15(8-16)24(17)26/h4-5,7,13,15-27H,2-3,6,8-12H2,1H3. The summed E-state index contributed by atoms with van der Waals surface area (Å²) < 4.78 is 5.18. The van der Waals surface area contributed by atoms with Crippen LogP contribution in [0.2, 0.25) is 0 Å². The Balaban J connectivity index is 0.972. The number of hydrogen-bond donors (Lipinski definition) is 0. The molecule has 0 aliphatic heterocycles. The number of carbonyl (C=O) groups excluding carboxylic acids is 1. The van der Waals surface area contributed by atoms with Gasteiger partial charge in [-0.15, -0.1) is 0 Å². The largest absolute Gasteiger partial charge is 0.469 e. The van der Waals surface area contributed by atoms with Crippen LogP contribution in [-0.2, 0) is 9.53 Å². The number of hydrogen-bond acceptors (Lipinski definition) is 2. The fourth-order valence-corrected chi connectivity index (χ4v) is 11.8. The van der Waals surface area contributed by atoms with E-state index in [4.69, 9.17) is 4.74 Å². The lowest BCUT2D eigenvalue weighted by Gasteiger charge is -2.39. The maximum Gasteiger partial charge on any atom is 0.308 e. The molecule has 0 saturated heterocycles. The van der Waals surface area contributed by atoms with Crippen molar-refractivity contribution in [2.24, 2.45) is 82.9 Å². The minimum Gasteiger partial charge on any atom is -0.469 e. The molecule has 0 heterocycles. The van der Waals surface area contributed by atoms with Crippen molar-refractivity contribution in [2.75, 3.05) is 7.11 Å². The van der Waals surface area contributed by atoms with Crippen molar-refractivity contribution >= 4 is 5.97 Å². The number of fused-ring (bicyclic) bond motifs is 18. The maximum atomic E-state index is 12.4. The second kappa shape index (κ2) is 5.84. The molecule has 30 heavy (non-hydrogen) atoms. The molecule has 6 fully saturated rings. The first-order valence-electron chi connectivity index (χ1n) is 13.2. The van der Waals surface area contributed by atoms with E-state index in [-0.39, 0.29) is 11.9 Å². The summed E-state index contributed by atoms with van der Waals surface area (Å²) in [7, 11) is 1.59. The molecular formula is C28H36O2. The van der Waals surface area contributed by atoms with Crippen LogP contribution in [0.1, 0.15) is 51.4 Å². The SMILES string of the molecule is COC(=O)C1CC2CC1C1C3CC(C=C3CCC3CC4CC3C3C5C=CC(C5)C43)C21. The topological polar surface area (TPSA) is 26.3 Å². The zero-order valence-electron chi connectivity index (χ0n) is 18.3. The van der Waals surface area contributed by atoms with Gasteiger partial charge in [-0.3, -0.25) is 4.79 Å². The van der Waals surface area contributed by atoms with Crippen molar-refractivity contribution in [3.05, 3.63) is 23.8 Å². The van der Waals surface area contributed by atoms with E-state index in [0.717, 1.165) is 77.4 Å². The van der Waals surface area contributed by atoms with E-state index >= 15 is 0 Å². The van der Waals surface area contributed by atoms with Crippen molar-refractivity contribution in [2.45, 2.75) is 51.4 Å². The summed E-state index contributed by atoms with van der Waals surface area (Å²) in [4.78, 5) is 12.4. The monoisotopic (exact) mass is 404 g/mol. The molecule has 8 aliphatic carbocycles. The third-order valence-electron chi connectivity index (χ3n) is 12.2. The zero-order valence-corrected chi connectivity index (χ0v) is 18.3. The Bertz CT molecular complexity index is 855. The first kappa shape index (κ1) is 17.5. The maximum absolute atomic E-state index is 12.4. The van der Waals surface area contributed by atoms with Gasteiger partial charge in [-0.2, -0.15) is 0 Å². The van der Waals surface area contributed by atoms with Gasteiger partial charge in [0.2, 0.25) is 0 Å². The fourth-order valence-electron chi connectivity index (χ4n) is 11.8. The molecule has 0 aromatic carbocycles. The van der Waals surface area contributed by atoms with Crippen LogP contribution in [0, 0.1) is 82.9 Å². The average molecular weight is 405 g/mol. The minimum absolute atomic E-state index is 0.0886. The van der Waals surface area contributed by atoms with E-state index in [1.807, 2.05) is 5.57 Å². The van der Waals surface area contributed by atoms with Crippen molar-refractivity contribution in [3.63, 3.8) is 0 Å². The summed E-state index contributed by atoms with van der Waals surface area (Å²) in [6, 6.07) is 0. The lowest BCUT2D eigenvalue weighted by atomic mass is 9.66. The van der Waals surface area contributed by atoms with Gasteiger partial charge in [0.05, 0.1) is 13.0 Å². The Kier molecular flexibility index (Phi) is 3.41. The number of rotatable bonds is 4. The van der Waals surface area contributed by atoms with Crippen LogP contribution >= 0.6 is 0 Å². The van der Waals surface area contributed by atoms with Crippen molar-refractivity contribution in [3.8, 4) is 0 Å². The van der Waals surface area contributed by atoms with Crippen molar-refractivity contribution in [1.82, 2.24) is 0 Å². The average Bonchev–Trinajstić information content (AvgIpc) is 3.60. The van der Waals surface area contributed by atoms with E-state index in [1.165, 1.54) is 32.1 Å². The summed E-state index contributed by atoms with van der Waals surface area (Å²) in [5.74, 6) is 12.3. The zero-order chi connectivity index (χ0) is 19.7. The second-order valence-electron chi connectivity index (χ2n) is 12.7. The molecule has 160 valence electrons. The molecule has 14 unspecified atom stereocenters. The number of carbonyl (C=O) groups is 1. The summed E-state index contributed by atoms with van der Waals surface area (Å²) in [6.07, 6.45) is 19.2. The van der Waals surface area contributed by atoms with Crippen LogP contribution < -0.4 is 0 Å². The van der Waals surface area contributed by atoms with Gasteiger partial charge >= 0.3 is 5.97 Å². The molecule has 2 nitrogen and oxygen atoms in total. The van der Waals surface area contributed by atoms with Gasteiger partial charge in [0.25, 0.3) is 0 Å². The van der Waals surface area contributed by atoms with Gasteiger partial charge in [-0.05, 0) is 128 Å². The Labute approximate surface area is 180 Å². The summed E-state index contributed by atoms with van der Waals surface area (Å²) in [6.45, 7) is 0. The third kappa shape index (κ3) is 2.01. The number of esters is 1. The van der Waals surface area contributed by atoms with Crippen LogP contribution in [-0.4, -0.2) is 13.1 Å². The smallest absolute Gasteiger partial charge is 0.308 e. The molecule has 0 spiro atoms. The highest BCUT2D eigenvalue weighted by Gasteiger charge is 2.64. The van der Waals surface area contributed by atoms with Crippen LogP contribution in [0.3, 0.4) is 0 Å². The first-order chi connectivity index (χ1) is 14.7. The first-order valence-corrected chi connectivity index (χ1v) is 13.2. The second-order valence-corrected chi connectivity index (χ2v) is 12.7. The van der Waals surface area contributed by atoms with Gasteiger partial charge in [0.15, 0.2) is 0 Å².